The lowest BCUT2D eigenvalue weighted by molar-refractivity contribution is -0.140. The van der Waals surface area contributed by atoms with Crippen LogP contribution in [0.25, 0.3) is 5.76 Å². The number of hydrogen-bond donors (Lipinski definition) is 1. The Labute approximate surface area is 206 Å². The van der Waals surface area contributed by atoms with Gasteiger partial charge in [-0.3, -0.25) is 9.59 Å². The molecule has 35 heavy (non-hydrogen) atoms. The van der Waals surface area contributed by atoms with Gasteiger partial charge in [0, 0.05) is 39.9 Å². The lowest BCUT2D eigenvalue weighted by Gasteiger charge is -2.25. The summed E-state index contributed by atoms with van der Waals surface area (Å²) in [5.74, 6) is -1.49. The SMILES string of the molecule is COCCCN1C(=O)C(=O)/C(=C(/O)c2ccc(S(=O)(=O)N(C)C)cc2)[C@H]1c1ccc(C(C)C)cc1. The van der Waals surface area contributed by atoms with Crippen LogP contribution >= 0.6 is 0 Å². The number of hydrogen-bond acceptors (Lipinski definition) is 6. The maximum atomic E-state index is 13.1. The van der Waals surface area contributed by atoms with Crippen molar-refractivity contribution in [3.8, 4) is 0 Å². The summed E-state index contributed by atoms with van der Waals surface area (Å²) in [7, 11) is 0.775. The molecule has 2 aromatic rings. The zero-order valence-corrected chi connectivity index (χ0v) is 21.5. The van der Waals surface area contributed by atoms with E-state index in [1.54, 1.807) is 7.11 Å². The Kier molecular flexibility index (Phi) is 8.15. The van der Waals surface area contributed by atoms with Crippen LogP contribution in [0.2, 0.25) is 0 Å². The Hall–Kier alpha value is -3.01. The second kappa shape index (κ2) is 10.7. The van der Waals surface area contributed by atoms with E-state index < -0.39 is 27.8 Å². The van der Waals surface area contributed by atoms with Crippen LogP contribution in [0.5, 0.6) is 0 Å². The molecule has 0 radical (unpaired) electrons. The number of carbonyl (C=O) groups excluding carboxylic acids is 2. The van der Waals surface area contributed by atoms with E-state index in [0.29, 0.717) is 24.5 Å². The molecule has 0 unspecified atom stereocenters. The Morgan fingerprint density at radius 3 is 2.17 bits per heavy atom. The number of aliphatic hydroxyl groups is 1. The van der Waals surface area contributed by atoms with Crippen molar-refractivity contribution < 1.29 is 27.9 Å². The van der Waals surface area contributed by atoms with E-state index in [1.807, 2.05) is 24.3 Å². The highest BCUT2D eigenvalue weighted by molar-refractivity contribution is 7.89. The summed E-state index contributed by atoms with van der Waals surface area (Å²) in [6, 6.07) is 12.5. The summed E-state index contributed by atoms with van der Waals surface area (Å²) in [6.07, 6.45) is 0.529. The van der Waals surface area contributed by atoms with E-state index in [4.69, 9.17) is 4.74 Å². The number of sulfonamides is 1. The fourth-order valence-electron chi connectivity index (χ4n) is 4.05. The number of carbonyl (C=O) groups is 2. The van der Waals surface area contributed by atoms with Crippen molar-refractivity contribution in [3.63, 3.8) is 0 Å². The summed E-state index contributed by atoms with van der Waals surface area (Å²) >= 11 is 0. The number of nitrogens with zero attached hydrogens (tertiary/aromatic N) is 2. The highest BCUT2D eigenvalue weighted by Gasteiger charge is 2.45. The van der Waals surface area contributed by atoms with Gasteiger partial charge in [-0.1, -0.05) is 38.1 Å². The topological polar surface area (TPSA) is 104 Å². The minimum atomic E-state index is -3.65. The molecule has 2 aromatic carbocycles. The largest absolute Gasteiger partial charge is 0.507 e. The molecule has 1 aliphatic heterocycles. The Bertz CT molecular complexity index is 1220. The predicted molar refractivity (Wildman–Crippen MR) is 133 cm³/mol. The first-order chi connectivity index (χ1) is 16.5. The van der Waals surface area contributed by atoms with E-state index >= 15 is 0 Å². The molecule has 1 amide bonds. The number of Topliss-reactive ketones (excluding diaryl/α,β-unsaturated/α-hetero) is 1. The molecule has 0 aliphatic carbocycles. The zero-order valence-electron chi connectivity index (χ0n) is 20.7. The number of ketones is 1. The van der Waals surface area contributed by atoms with Crippen molar-refractivity contribution in [2.45, 2.75) is 37.1 Å². The van der Waals surface area contributed by atoms with Gasteiger partial charge < -0.3 is 14.7 Å². The molecule has 3 rings (SSSR count). The van der Waals surface area contributed by atoms with Gasteiger partial charge >= 0.3 is 0 Å². The maximum Gasteiger partial charge on any atom is 0.295 e. The molecule has 9 heteroatoms. The molecule has 1 fully saturated rings. The van der Waals surface area contributed by atoms with Gasteiger partial charge in [0.15, 0.2) is 0 Å². The normalized spacial score (nSPS) is 18.1. The lowest BCUT2D eigenvalue weighted by Crippen LogP contribution is -2.31. The van der Waals surface area contributed by atoms with Crippen LogP contribution in [0.3, 0.4) is 0 Å². The quantitative estimate of drug-likeness (QED) is 0.245. The Morgan fingerprint density at radius 2 is 1.66 bits per heavy atom. The average molecular weight is 501 g/mol. The first-order valence-corrected chi connectivity index (χ1v) is 12.8. The molecule has 1 aliphatic rings. The van der Waals surface area contributed by atoms with Crippen LogP contribution in [0.15, 0.2) is 59.0 Å². The van der Waals surface area contributed by atoms with Crippen LogP contribution in [-0.2, 0) is 24.3 Å². The number of rotatable bonds is 9. The van der Waals surface area contributed by atoms with Crippen molar-refractivity contribution in [1.29, 1.82) is 0 Å². The van der Waals surface area contributed by atoms with E-state index in [0.717, 1.165) is 9.87 Å². The molecule has 0 saturated carbocycles. The van der Waals surface area contributed by atoms with Gasteiger partial charge in [-0.15, -0.1) is 0 Å². The third-order valence-electron chi connectivity index (χ3n) is 6.11. The fraction of sp³-hybridized carbons (Fsp3) is 0.385. The number of aliphatic hydroxyl groups excluding tert-OH is 1. The number of ether oxygens (including phenoxy) is 1. The number of benzene rings is 2. The zero-order chi connectivity index (χ0) is 25.9. The van der Waals surface area contributed by atoms with E-state index in [-0.39, 0.29) is 28.3 Å². The van der Waals surface area contributed by atoms with Gasteiger partial charge in [-0.05, 0) is 47.7 Å². The molecule has 0 aromatic heterocycles. The second-order valence-electron chi connectivity index (χ2n) is 8.97. The number of amides is 1. The van der Waals surface area contributed by atoms with Crippen molar-refractivity contribution in [2.75, 3.05) is 34.4 Å². The molecular weight excluding hydrogens is 468 g/mol. The van der Waals surface area contributed by atoms with Gasteiger partial charge in [-0.25, -0.2) is 12.7 Å². The van der Waals surface area contributed by atoms with Crippen LogP contribution in [0.1, 0.15) is 48.9 Å². The second-order valence-corrected chi connectivity index (χ2v) is 11.1. The molecule has 1 N–H and O–H groups in total. The molecule has 8 nitrogen and oxygen atoms in total. The average Bonchev–Trinajstić information content (AvgIpc) is 3.08. The Balaban J connectivity index is 2.10. The van der Waals surface area contributed by atoms with Gasteiger partial charge in [-0.2, -0.15) is 0 Å². The molecule has 1 atom stereocenters. The van der Waals surface area contributed by atoms with E-state index in [9.17, 15) is 23.1 Å². The molecular formula is C26H32N2O6S. The van der Waals surface area contributed by atoms with Crippen molar-refractivity contribution in [2.24, 2.45) is 0 Å². The van der Waals surface area contributed by atoms with Crippen LogP contribution in [0, 0.1) is 0 Å². The van der Waals surface area contributed by atoms with Crippen LogP contribution in [0.4, 0.5) is 0 Å². The van der Waals surface area contributed by atoms with Gasteiger partial charge in [0.1, 0.15) is 5.76 Å². The summed E-state index contributed by atoms with van der Waals surface area (Å²) < 4.78 is 31.0. The minimum Gasteiger partial charge on any atom is -0.507 e. The summed E-state index contributed by atoms with van der Waals surface area (Å²) in [5.41, 5.74) is 2.05. The number of methoxy groups -OCH3 is 1. The summed E-state index contributed by atoms with van der Waals surface area (Å²) in [6.45, 7) is 4.85. The third-order valence-corrected chi connectivity index (χ3v) is 7.94. The third kappa shape index (κ3) is 5.32. The monoisotopic (exact) mass is 500 g/mol. The first kappa shape index (κ1) is 26.6. The molecule has 1 saturated heterocycles. The van der Waals surface area contributed by atoms with E-state index in [1.165, 1.54) is 43.3 Å². The van der Waals surface area contributed by atoms with Crippen molar-refractivity contribution in [1.82, 2.24) is 9.21 Å². The molecule has 188 valence electrons. The van der Waals surface area contributed by atoms with Gasteiger partial charge in [0.25, 0.3) is 11.7 Å². The first-order valence-electron chi connectivity index (χ1n) is 11.4. The highest BCUT2D eigenvalue weighted by atomic mass is 32.2. The molecule has 0 spiro atoms. The fourth-order valence-corrected chi connectivity index (χ4v) is 4.95. The van der Waals surface area contributed by atoms with E-state index in [2.05, 4.69) is 13.8 Å². The predicted octanol–water partition coefficient (Wildman–Crippen LogP) is 3.52. The van der Waals surface area contributed by atoms with Crippen molar-refractivity contribution in [3.05, 3.63) is 70.8 Å². The summed E-state index contributed by atoms with van der Waals surface area (Å²) in [5, 5.41) is 11.2. The lowest BCUT2D eigenvalue weighted by atomic mass is 9.93. The van der Waals surface area contributed by atoms with Gasteiger partial charge in [0.05, 0.1) is 16.5 Å². The smallest absolute Gasteiger partial charge is 0.295 e. The molecule has 0 bridgehead atoms. The standard InChI is InChI=1S/C26H32N2O6S/c1-17(2)18-7-9-19(10-8-18)23-22(25(30)26(31)28(23)15-6-16-34-5)24(29)20-11-13-21(14-12-20)35(32,33)27(3)4/h7-14,17,23,29H,6,15-16H2,1-5H3/b24-22+/t23-/m1/s1. The number of likely N-dealkylation sites (tertiary alicyclic amines) is 1. The van der Waals surface area contributed by atoms with Crippen LogP contribution < -0.4 is 0 Å². The summed E-state index contributed by atoms with van der Waals surface area (Å²) in [4.78, 5) is 27.6. The minimum absolute atomic E-state index is 0.0204. The van der Waals surface area contributed by atoms with Crippen LogP contribution in [-0.4, -0.2) is 68.8 Å². The highest BCUT2D eigenvalue weighted by Crippen LogP contribution is 2.40. The molecule has 1 heterocycles. The maximum absolute atomic E-state index is 13.1. The van der Waals surface area contributed by atoms with Gasteiger partial charge in [0.2, 0.25) is 10.0 Å². The Morgan fingerprint density at radius 1 is 1.06 bits per heavy atom. The van der Waals surface area contributed by atoms with Crippen molar-refractivity contribution >= 4 is 27.5 Å².